The van der Waals surface area contributed by atoms with Crippen LogP contribution in [0.3, 0.4) is 0 Å². The summed E-state index contributed by atoms with van der Waals surface area (Å²) >= 11 is 5.39. The SMILES string of the molecule is Cc1nnc(Cl)c(S(=O)(=O)F)c1C. The van der Waals surface area contributed by atoms with Crippen LogP contribution in [0.15, 0.2) is 4.90 Å². The molecule has 0 aliphatic heterocycles. The van der Waals surface area contributed by atoms with Crippen LogP contribution in [0.5, 0.6) is 0 Å². The van der Waals surface area contributed by atoms with Gasteiger partial charge in [-0.2, -0.15) is 13.5 Å². The molecule has 0 atom stereocenters. The first kappa shape index (κ1) is 10.3. The Morgan fingerprint density at radius 2 is 1.85 bits per heavy atom. The minimum atomic E-state index is -4.82. The number of aryl methyl sites for hydroxylation is 1. The lowest BCUT2D eigenvalue weighted by molar-refractivity contribution is 0.550. The second-order valence-corrected chi connectivity index (χ2v) is 4.11. The van der Waals surface area contributed by atoms with E-state index in [9.17, 15) is 12.3 Å². The molecule has 0 radical (unpaired) electrons. The van der Waals surface area contributed by atoms with Crippen LogP contribution >= 0.6 is 11.6 Å². The van der Waals surface area contributed by atoms with Crippen LogP contribution in [0.4, 0.5) is 3.89 Å². The van der Waals surface area contributed by atoms with Gasteiger partial charge in [0.25, 0.3) is 0 Å². The topological polar surface area (TPSA) is 59.9 Å². The van der Waals surface area contributed by atoms with Gasteiger partial charge in [-0.3, -0.25) is 0 Å². The summed E-state index contributed by atoms with van der Waals surface area (Å²) < 4.78 is 33.9. The van der Waals surface area contributed by atoms with Gasteiger partial charge in [0.1, 0.15) is 4.90 Å². The first-order valence-corrected chi connectivity index (χ1v) is 5.04. The van der Waals surface area contributed by atoms with Gasteiger partial charge in [0.2, 0.25) is 0 Å². The lowest BCUT2D eigenvalue weighted by atomic mass is 10.2. The Bertz CT molecular complexity index is 446. The van der Waals surface area contributed by atoms with Crippen molar-refractivity contribution in [2.75, 3.05) is 0 Å². The Kier molecular flexibility index (Phi) is 2.53. The summed E-state index contributed by atoms with van der Waals surface area (Å²) in [4.78, 5) is -0.596. The molecule has 1 aromatic rings. The zero-order valence-electron chi connectivity index (χ0n) is 6.88. The van der Waals surface area contributed by atoms with Crippen molar-refractivity contribution < 1.29 is 12.3 Å². The number of hydrogen-bond acceptors (Lipinski definition) is 4. The van der Waals surface area contributed by atoms with Crippen molar-refractivity contribution in [1.82, 2.24) is 10.2 Å². The van der Waals surface area contributed by atoms with E-state index in [2.05, 4.69) is 10.2 Å². The minimum Gasteiger partial charge on any atom is -0.189 e. The largest absolute Gasteiger partial charge is 0.335 e. The second kappa shape index (κ2) is 3.19. The van der Waals surface area contributed by atoms with Crippen molar-refractivity contribution in [2.45, 2.75) is 18.7 Å². The van der Waals surface area contributed by atoms with Crippen molar-refractivity contribution in [3.05, 3.63) is 16.4 Å². The van der Waals surface area contributed by atoms with Crippen molar-refractivity contribution in [1.29, 1.82) is 0 Å². The molecule has 0 aliphatic rings. The van der Waals surface area contributed by atoms with Crippen molar-refractivity contribution in [2.24, 2.45) is 0 Å². The molecule has 0 saturated heterocycles. The molecular formula is C6H6ClFN2O2S. The lowest BCUT2D eigenvalue weighted by Crippen LogP contribution is -2.03. The van der Waals surface area contributed by atoms with Crippen LogP contribution in [-0.2, 0) is 10.2 Å². The van der Waals surface area contributed by atoms with Gasteiger partial charge in [-0.1, -0.05) is 11.6 Å². The highest BCUT2D eigenvalue weighted by molar-refractivity contribution is 7.86. The highest BCUT2D eigenvalue weighted by Gasteiger charge is 2.22. The van der Waals surface area contributed by atoms with Gasteiger partial charge in [-0.15, -0.1) is 8.98 Å². The Morgan fingerprint density at radius 3 is 2.23 bits per heavy atom. The summed E-state index contributed by atoms with van der Waals surface area (Å²) in [5.41, 5.74) is 0.517. The molecule has 1 rings (SSSR count). The van der Waals surface area contributed by atoms with E-state index in [4.69, 9.17) is 11.6 Å². The van der Waals surface area contributed by atoms with Gasteiger partial charge in [0.15, 0.2) is 5.15 Å². The molecule has 0 fully saturated rings. The van der Waals surface area contributed by atoms with E-state index < -0.39 is 20.3 Å². The summed E-state index contributed by atoms with van der Waals surface area (Å²) in [5.74, 6) is 0. The molecule has 0 spiro atoms. The van der Waals surface area contributed by atoms with E-state index in [1.54, 1.807) is 0 Å². The molecular weight excluding hydrogens is 219 g/mol. The van der Waals surface area contributed by atoms with Crippen LogP contribution in [0.2, 0.25) is 5.15 Å². The maximum atomic E-state index is 12.6. The number of hydrogen-bond donors (Lipinski definition) is 0. The monoisotopic (exact) mass is 224 g/mol. The van der Waals surface area contributed by atoms with Gasteiger partial charge >= 0.3 is 10.2 Å². The van der Waals surface area contributed by atoms with Gasteiger partial charge in [-0.25, -0.2) is 0 Å². The first-order valence-electron chi connectivity index (χ1n) is 3.28. The van der Waals surface area contributed by atoms with Gasteiger partial charge in [-0.05, 0) is 19.4 Å². The van der Waals surface area contributed by atoms with Crippen LogP contribution in [0.1, 0.15) is 11.3 Å². The predicted molar refractivity (Wildman–Crippen MR) is 44.8 cm³/mol. The highest BCUT2D eigenvalue weighted by atomic mass is 35.5. The molecule has 0 amide bonds. The smallest absolute Gasteiger partial charge is 0.189 e. The fourth-order valence-corrected chi connectivity index (χ4v) is 2.05. The van der Waals surface area contributed by atoms with Gasteiger partial charge in [0, 0.05) is 0 Å². The zero-order valence-corrected chi connectivity index (χ0v) is 8.45. The molecule has 0 aliphatic carbocycles. The second-order valence-electron chi connectivity index (χ2n) is 2.47. The Morgan fingerprint density at radius 1 is 1.31 bits per heavy atom. The third kappa shape index (κ3) is 1.94. The molecule has 0 aromatic carbocycles. The molecule has 4 nitrogen and oxygen atoms in total. The molecule has 0 bridgehead atoms. The molecule has 0 N–H and O–H groups in total. The lowest BCUT2D eigenvalue weighted by Gasteiger charge is -2.03. The van der Waals surface area contributed by atoms with Crippen LogP contribution in [0, 0.1) is 13.8 Å². The predicted octanol–water partition coefficient (Wildman–Crippen LogP) is 1.41. The Hall–Kier alpha value is -0.750. The number of halogens is 2. The van der Waals surface area contributed by atoms with Crippen LogP contribution in [0.25, 0.3) is 0 Å². The standard InChI is InChI=1S/C6H6ClFN2O2S/c1-3-4(2)9-10-6(7)5(3)13(8,11)12/h1-2H3. The van der Waals surface area contributed by atoms with Gasteiger partial charge in [0.05, 0.1) is 5.69 Å². The molecule has 0 saturated carbocycles. The van der Waals surface area contributed by atoms with E-state index in [1.165, 1.54) is 13.8 Å². The van der Waals surface area contributed by atoms with Crippen molar-refractivity contribution in [3.63, 3.8) is 0 Å². The fraction of sp³-hybridized carbons (Fsp3) is 0.333. The van der Waals surface area contributed by atoms with Crippen LogP contribution in [-0.4, -0.2) is 18.6 Å². The average molecular weight is 225 g/mol. The average Bonchev–Trinajstić information content (AvgIpc) is 1.95. The molecule has 0 unspecified atom stereocenters. The first-order chi connectivity index (χ1) is 5.84. The minimum absolute atomic E-state index is 0.183. The van der Waals surface area contributed by atoms with Crippen LogP contribution < -0.4 is 0 Å². The number of rotatable bonds is 1. The highest BCUT2D eigenvalue weighted by Crippen LogP contribution is 2.25. The van der Waals surface area contributed by atoms with E-state index in [-0.39, 0.29) is 5.56 Å². The Balaban J connectivity index is 3.62. The quantitative estimate of drug-likeness (QED) is 0.677. The molecule has 13 heavy (non-hydrogen) atoms. The fourth-order valence-electron chi connectivity index (χ4n) is 0.842. The molecule has 1 aromatic heterocycles. The number of aromatic nitrogens is 2. The molecule has 72 valence electrons. The molecule has 1 heterocycles. The summed E-state index contributed by atoms with van der Waals surface area (Å²) in [6.07, 6.45) is 0. The Labute approximate surface area is 80.0 Å². The number of nitrogens with zero attached hydrogens (tertiary/aromatic N) is 2. The van der Waals surface area contributed by atoms with Gasteiger partial charge < -0.3 is 0 Å². The maximum absolute atomic E-state index is 12.6. The maximum Gasteiger partial charge on any atom is 0.335 e. The third-order valence-corrected chi connectivity index (χ3v) is 2.97. The van der Waals surface area contributed by atoms with Crippen molar-refractivity contribution in [3.8, 4) is 0 Å². The summed E-state index contributed by atoms with van der Waals surface area (Å²) in [7, 11) is -4.82. The van der Waals surface area contributed by atoms with Crippen molar-refractivity contribution >= 4 is 21.8 Å². The normalized spacial score (nSPS) is 11.7. The molecule has 7 heteroatoms. The van der Waals surface area contributed by atoms with E-state index in [1.807, 2.05) is 0 Å². The summed E-state index contributed by atoms with van der Waals surface area (Å²) in [6.45, 7) is 2.94. The van der Waals surface area contributed by atoms with E-state index >= 15 is 0 Å². The third-order valence-electron chi connectivity index (χ3n) is 1.60. The van der Waals surface area contributed by atoms with E-state index in [0.29, 0.717) is 5.69 Å². The zero-order chi connectivity index (χ0) is 10.2. The van der Waals surface area contributed by atoms with E-state index in [0.717, 1.165) is 0 Å². The summed E-state index contributed by atoms with van der Waals surface area (Å²) in [6, 6.07) is 0. The summed E-state index contributed by atoms with van der Waals surface area (Å²) in [5, 5.41) is 6.40.